The van der Waals surface area contributed by atoms with Gasteiger partial charge in [0, 0.05) is 17.4 Å². The highest BCUT2D eigenvalue weighted by molar-refractivity contribution is 5.85. The Hall–Kier alpha value is -0.990. The standard InChI is InChI=1S/C17H21NO.ClH/c1-19-13-6-5-12-10-16-14-4-2-3-7-17(14,8-9-18-16)15(12)11-13;/h2,4-6,11,14,16,18H,3,7-10H2,1H3;1H. The van der Waals surface area contributed by atoms with E-state index < -0.39 is 0 Å². The Bertz CT molecular complexity index is 542. The third-order valence-electron chi connectivity index (χ3n) is 5.44. The van der Waals surface area contributed by atoms with Crippen molar-refractivity contribution in [2.45, 2.75) is 37.1 Å². The number of fused-ring (bicyclic) bond motifs is 1. The zero-order valence-corrected chi connectivity index (χ0v) is 12.7. The van der Waals surface area contributed by atoms with Crippen molar-refractivity contribution in [3.63, 3.8) is 0 Å². The van der Waals surface area contributed by atoms with Gasteiger partial charge in [0.25, 0.3) is 0 Å². The van der Waals surface area contributed by atoms with E-state index in [0.29, 0.717) is 17.4 Å². The van der Waals surface area contributed by atoms with Crippen LogP contribution in [0.1, 0.15) is 30.4 Å². The van der Waals surface area contributed by atoms with E-state index in [4.69, 9.17) is 4.74 Å². The molecular weight excluding hydrogens is 270 g/mol. The third-order valence-corrected chi connectivity index (χ3v) is 5.44. The van der Waals surface area contributed by atoms with E-state index in [1.807, 2.05) is 0 Å². The monoisotopic (exact) mass is 291 g/mol. The lowest BCUT2D eigenvalue weighted by atomic mass is 9.54. The number of nitrogens with one attached hydrogen (secondary N) is 1. The van der Waals surface area contributed by atoms with Crippen molar-refractivity contribution in [1.82, 2.24) is 5.32 Å². The normalized spacial score (nSPS) is 33.6. The van der Waals surface area contributed by atoms with E-state index >= 15 is 0 Å². The van der Waals surface area contributed by atoms with Gasteiger partial charge in [0.15, 0.2) is 0 Å². The molecule has 0 saturated carbocycles. The molecule has 1 aliphatic heterocycles. The zero-order valence-electron chi connectivity index (χ0n) is 11.9. The second kappa shape index (κ2) is 5.09. The summed E-state index contributed by atoms with van der Waals surface area (Å²) >= 11 is 0. The molecule has 3 atom stereocenters. The number of rotatable bonds is 1. The quantitative estimate of drug-likeness (QED) is 0.802. The number of hydrogen-bond donors (Lipinski definition) is 1. The molecule has 2 nitrogen and oxygen atoms in total. The minimum absolute atomic E-state index is 0. The predicted octanol–water partition coefficient (Wildman–Crippen LogP) is 3.24. The molecule has 3 heteroatoms. The van der Waals surface area contributed by atoms with Crippen molar-refractivity contribution in [3.8, 4) is 5.75 Å². The first-order valence-corrected chi connectivity index (χ1v) is 7.41. The topological polar surface area (TPSA) is 21.3 Å². The minimum Gasteiger partial charge on any atom is -0.497 e. The summed E-state index contributed by atoms with van der Waals surface area (Å²) in [5.74, 6) is 1.69. The summed E-state index contributed by atoms with van der Waals surface area (Å²) < 4.78 is 5.46. The average molecular weight is 292 g/mol. The molecule has 1 N–H and O–H groups in total. The summed E-state index contributed by atoms with van der Waals surface area (Å²) in [6.45, 7) is 1.16. The Morgan fingerprint density at radius 2 is 2.20 bits per heavy atom. The molecule has 1 aromatic carbocycles. The maximum Gasteiger partial charge on any atom is 0.119 e. The van der Waals surface area contributed by atoms with Gasteiger partial charge in [-0.2, -0.15) is 0 Å². The van der Waals surface area contributed by atoms with Gasteiger partial charge >= 0.3 is 0 Å². The number of benzene rings is 1. The van der Waals surface area contributed by atoms with Crippen molar-refractivity contribution in [1.29, 1.82) is 0 Å². The van der Waals surface area contributed by atoms with Gasteiger partial charge in [-0.05, 0) is 55.5 Å². The lowest BCUT2D eigenvalue weighted by Crippen LogP contribution is -2.58. The molecule has 1 saturated heterocycles. The van der Waals surface area contributed by atoms with Crippen LogP contribution in [0.4, 0.5) is 0 Å². The van der Waals surface area contributed by atoms with Crippen LogP contribution >= 0.6 is 12.4 Å². The molecule has 2 aliphatic carbocycles. The highest BCUT2D eigenvalue weighted by Gasteiger charge is 2.50. The second-order valence-electron chi connectivity index (χ2n) is 6.19. The fourth-order valence-corrected chi connectivity index (χ4v) is 4.56. The summed E-state index contributed by atoms with van der Waals surface area (Å²) in [7, 11) is 1.77. The summed E-state index contributed by atoms with van der Waals surface area (Å²) in [5, 5.41) is 3.73. The fraction of sp³-hybridized carbons (Fsp3) is 0.529. The van der Waals surface area contributed by atoms with Crippen LogP contribution in [0.2, 0.25) is 0 Å². The third kappa shape index (κ3) is 1.82. The molecule has 4 rings (SSSR count). The lowest BCUT2D eigenvalue weighted by Gasteiger charge is -2.54. The van der Waals surface area contributed by atoms with Gasteiger partial charge in [-0.3, -0.25) is 0 Å². The molecule has 3 aliphatic rings. The van der Waals surface area contributed by atoms with Gasteiger partial charge < -0.3 is 10.1 Å². The van der Waals surface area contributed by atoms with Crippen LogP contribution in [0, 0.1) is 5.92 Å². The van der Waals surface area contributed by atoms with Crippen LogP contribution in [0.5, 0.6) is 5.75 Å². The lowest BCUT2D eigenvalue weighted by molar-refractivity contribution is 0.146. The van der Waals surface area contributed by atoms with Crippen molar-refractivity contribution < 1.29 is 4.74 Å². The first-order valence-electron chi connectivity index (χ1n) is 7.41. The Labute approximate surface area is 127 Å². The molecule has 20 heavy (non-hydrogen) atoms. The molecule has 0 aromatic heterocycles. The van der Waals surface area contributed by atoms with Crippen molar-refractivity contribution in [2.24, 2.45) is 5.92 Å². The van der Waals surface area contributed by atoms with Crippen molar-refractivity contribution >= 4 is 12.4 Å². The van der Waals surface area contributed by atoms with Crippen molar-refractivity contribution in [3.05, 3.63) is 41.5 Å². The van der Waals surface area contributed by atoms with E-state index in [-0.39, 0.29) is 12.4 Å². The van der Waals surface area contributed by atoms with E-state index in [0.717, 1.165) is 18.7 Å². The maximum absolute atomic E-state index is 5.46. The van der Waals surface area contributed by atoms with Crippen LogP contribution in [-0.2, 0) is 11.8 Å². The Morgan fingerprint density at radius 3 is 3.05 bits per heavy atom. The minimum atomic E-state index is 0. The SMILES string of the molecule is COc1ccc2c(c1)C13CCC=CC1C(C2)NCC3.Cl. The highest BCUT2D eigenvalue weighted by Crippen LogP contribution is 2.52. The van der Waals surface area contributed by atoms with Gasteiger partial charge in [0.05, 0.1) is 7.11 Å². The van der Waals surface area contributed by atoms with E-state index in [9.17, 15) is 0 Å². The van der Waals surface area contributed by atoms with Crippen LogP contribution < -0.4 is 10.1 Å². The summed E-state index contributed by atoms with van der Waals surface area (Å²) in [4.78, 5) is 0. The van der Waals surface area contributed by atoms with Crippen LogP contribution in [0.15, 0.2) is 30.4 Å². The zero-order chi connectivity index (χ0) is 12.9. The molecule has 2 bridgehead atoms. The number of halogens is 1. The Kier molecular flexibility index (Phi) is 3.55. The molecule has 1 fully saturated rings. The summed E-state index contributed by atoms with van der Waals surface area (Å²) in [5.41, 5.74) is 3.47. The van der Waals surface area contributed by atoms with Gasteiger partial charge in [0.1, 0.15) is 5.75 Å². The molecule has 1 aromatic rings. The molecule has 1 heterocycles. The van der Waals surface area contributed by atoms with Crippen LogP contribution in [0.3, 0.4) is 0 Å². The first-order chi connectivity index (χ1) is 9.33. The molecule has 0 spiro atoms. The number of allylic oxidation sites excluding steroid dienone is 1. The largest absolute Gasteiger partial charge is 0.497 e. The second-order valence-corrected chi connectivity index (χ2v) is 6.19. The van der Waals surface area contributed by atoms with Gasteiger partial charge in [-0.1, -0.05) is 18.2 Å². The number of hydrogen-bond acceptors (Lipinski definition) is 2. The van der Waals surface area contributed by atoms with Gasteiger partial charge in [-0.15, -0.1) is 12.4 Å². The Morgan fingerprint density at radius 1 is 1.30 bits per heavy atom. The number of piperidine rings is 1. The smallest absolute Gasteiger partial charge is 0.119 e. The molecular formula is C17H22ClNO. The molecule has 108 valence electrons. The predicted molar refractivity (Wildman–Crippen MR) is 83.9 cm³/mol. The first kappa shape index (κ1) is 14.0. The van der Waals surface area contributed by atoms with E-state index in [1.165, 1.54) is 24.8 Å². The summed E-state index contributed by atoms with van der Waals surface area (Å²) in [6.07, 6.45) is 9.80. The highest BCUT2D eigenvalue weighted by atomic mass is 35.5. The van der Waals surface area contributed by atoms with Gasteiger partial charge in [-0.25, -0.2) is 0 Å². The molecule has 0 amide bonds. The van der Waals surface area contributed by atoms with E-state index in [2.05, 4.69) is 35.7 Å². The van der Waals surface area contributed by atoms with Gasteiger partial charge in [0.2, 0.25) is 0 Å². The van der Waals surface area contributed by atoms with E-state index in [1.54, 1.807) is 12.7 Å². The average Bonchev–Trinajstić information content (AvgIpc) is 2.47. The fourth-order valence-electron chi connectivity index (χ4n) is 4.56. The number of ether oxygens (including phenoxy) is 1. The Balaban J connectivity index is 0.00000121. The van der Waals surface area contributed by atoms with Crippen molar-refractivity contribution in [2.75, 3.05) is 13.7 Å². The summed E-state index contributed by atoms with van der Waals surface area (Å²) in [6, 6.07) is 7.34. The van der Waals surface area contributed by atoms with Crippen LogP contribution in [0.25, 0.3) is 0 Å². The number of methoxy groups -OCH3 is 1. The van der Waals surface area contributed by atoms with Crippen LogP contribution in [-0.4, -0.2) is 19.7 Å². The molecule has 0 radical (unpaired) electrons. The maximum atomic E-state index is 5.46. The molecule has 3 unspecified atom stereocenters.